The first kappa shape index (κ1) is 16.2. The van der Waals surface area contributed by atoms with Crippen molar-refractivity contribution in [3.8, 4) is 0 Å². The molecule has 1 aromatic carbocycles. The minimum atomic E-state index is -0.524. The Labute approximate surface area is 140 Å². The summed E-state index contributed by atoms with van der Waals surface area (Å²) in [6, 6.07) is 4.35. The van der Waals surface area contributed by atoms with Gasteiger partial charge < -0.3 is 10.2 Å². The van der Waals surface area contributed by atoms with E-state index >= 15 is 0 Å². The molecule has 23 heavy (non-hydrogen) atoms. The van der Waals surface area contributed by atoms with Gasteiger partial charge in [-0.05, 0) is 31.0 Å². The number of hydrogen-bond acceptors (Lipinski definition) is 2. The highest BCUT2D eigenvalue weighted by Gasteiger charge is 2.38. The summed E-state index contributed by atoms with van der Waals surface area (Å²) < 4.78 is 13.1. The summed E-state index contributed by atoms with van der Waals surface area (Å²) in [5, 5.41) is 2.69. The zero-order valence-electron chi connectivity index (χ0n) is 12.9. The molecule has 6 heteroatoms. The van der Waals surface area contributed by atoms with Gasteiger partial charge in [-0.3, -0.25) is 9.59 Å². The monoisotopic (exact) mass is 338 g/mol. The summed E-state index contributed by atoms with van der Waals surface area (Å²) in [4.78, 5) is 26.4. The molecule has 1 atom stereocenters. The normalized spacial score (nSPS) is 22.4. The first-order valence-electron chi connectivity index (χ1n) is 8.10. The average molecular weight is 339 g/mol. The van der Waals surface area contributed by atoms with Gasteiger partial charge in [0.05, 0.1) is 10.9 Å². The molecule has 1 saturated carbocycles. The van der Waals surface area contributed by atoms with Gasteiger partial charge >= 0.3 is 0 Å². The number of nitrogens with zero attached hydrogens (tertiary/aromatic N) is 1. The Balaban J connectivity index is 1.61. The van der Waals surface area contributed by atoms with Gasteiger partial charge in [-0.2, -0.15) is 0 Å². The second kappa shape index (κ2) is 6.87. The van der Waals surface area contributed by atoms with Crippen molar-refractivity contribution in [2.24, 2.45) is 5.92 Å². The molecule has 0 bridgehead atoms. The Kier molecular flexibility index (Phi) is 4.85. The second-order valence-corrected chi connectivity index (χ2v) is 6.76. The van der Waals surface area contributed by atoms with Crippen LogP contribution in [0.2, 0.25) is 5.02 Å². The van der Waals surface area contributed by atoms with Crippen molar-refractivity contribution in [2.75, 3.05) is 11.9 Å². The SMILES string of the molecule is O=C(Nc1ccc(F)c(Cl)c1)[C@H]1CC(=O)N(C2CCCCC2)C1. The highest BCUT2D eigenvalue weighted by Crippen LogP contribution is 2.29. The second-order valence-electron chi connectivity index (χ2n) is 6.36. The van der Waals surface area contributed by atoms with Crippen LogP contribution in [0.1, 0.15) is 38.5 Å². The third-order valence-electron chi connectivity index (χ3n) is 4.73. The Morgan fingerprint density at radius 1 is 1.26 bits per heavy atom. The molecule has 0 aromatic heterocycles. The van der Waals surface area contributed by atoms with Crippen molar-refractivity contribution in [1.29, 1.82) is 0 Å². The van der Waals surface area contributed by atoms with Crippen molar-refractivity contribution in [3.05, 3.63) is 29.0 Å². The molecule has 0 spiro atoms. The van der Waals surface area contributed by atoms with E-state index in [-0.39, 0.29) is 35.2 Å². The van der Waals surface area contributed by atoms with E-state index in [9.17, 15) is 14.0 Å². The maximum absolute atomic E-state index is 13.1. The summed E-state index contributed by atoms with van der Waals surface area (Å²) in [6.45, 7) is 0.476. The van der Waals surface area contributed by atoms with Crippen LogP contribution in [0, 0.1) is 11.7 Å². The van der Waals surface area contributed by atoms with E-state index in [1.807, 2.05) is 4.90 Å². The molecule has 4 nitrogen and oxygen atoms in total. The van der Waals surface area contributed by atoms with Crippen LogP contribution in [-0.4, -0.2) is 29.3 Å². The number of hydrogen-bond donors (Lipinski definition) is 1. The Morgan fingerprint density at radius 3 is 2.70 bits per heavy atom. The molecule has 1 heterocycles. The third-order valence-corrected chi connectivity index (χ3v) is 5.02. The van der Waals surface area contributed by atoms with Crippen LogP contribution in [0.25, 0.3) is 0 Å². The highest BCUT2D eigenvalue weighted by molar-refractivity contribution is 6.31. The lowest BCUT2D eigenvalue weighted by Gasteiger charge is -2.31. The lowest BCUT2D eigenvalue weighted by Crippen LogP contribution is -2.38. The number of halogens is 2. The summed E-state index contributed by atoms with van der Waals surface area (Å²) >= 11 is 5.72. The molecule has 0 radical (unpaired) electrons. The van der Waals surface area contributed by atoms with Gasteiger partial charge in [-0.15, -0.1) is 0 Å². The zero-order valence-corrected chi connectivity index (χ0v) is 13.6. The van der Waals surface area contributed by atoms with Gasteiger partial charge in [0.2, 0.25) is 11.8 Å². The maximum atomic E-state index is 13.1. The van der Waals surface area contributed by atoms with E-state index in [0.717, 1.165) is 25.7 Å². The fourth-order valence-corrected chi connectivity index (χ4v) is 3.65. The van der Waals surface area contributed by atoms with Crippen LogP contribution < -0.4 is 5.32 Å². The topological polar surface area (TPSA) is 49.4 Å². The molecule has 2 aliphatic rings. The van der Waals surface area contributed by atoms with Gasteiger partial charge in [0, 0.05) is 24.7 Å². The molecular formula is C17H20ClFN2O2. The minimum absolute atomic E-state index is 0.0332. The van der Waals surface area contributed by atoms with Crippen LogP contribution >= 0.6 is 11.6 Å². The van der Waals surface area contributed by atoms with E-state index < -0.39 is 5.82 Å². The lowest BCUT2D eigenvalue weighted by atomic mass is 9.94. The van der Waals surface area contributed by atoms with Crippen LogP contribution in [0.4, 0.5) is 10.1 Å². The molecule has 1 aromatic rings. The number of carbonyl (C=O) groups is 2. The number of anilines is 1. The molecule has 2 amide bonds. The van der Waals surface area contributed by atoms with Gasteiger partial charge in [-0.25, -0.2) is 4.39 Å². The van der Waals surface area contributed by atoms with Crippen LogP contribution in [0.5, 0.6) is 0 Å². The molecule has 1 saturated heterocycles. The van der Waals surface area contributed by atoms with Gasteiger partial charge in [0.1, 0.15) is 5.82 Å². The lowest BCUT2D eigenvalue weighted by molar-refractivity contribution is -0.130. The zero-order chi connectivity index (χ0) is 16.4. The predicted molar refractivity (Wildman–Crippen MR) is 86.7 cm³/mol. The van der Waals surface area contributed by atoms with Gasteiger partial charge in [0.25, 0.3) is 0 Å². The van der Waals surface area contributed by atoms with Crippen molar-refractivity contribution in [2.45, 2.75) is 44.6 Å². The standard InChI is InChI=1S/C17H20ClFN2O2/c18-14-9-12(6-7-15(14)19)20-17(23)11-8-16(22)21(10-11)13-4-2-1-3-5-13/h6-7,9,11,13H,1-5,8,10H2,(H,20,23)/t11-/m0/s1. The van der Waals surface area contributed by atoms with Crippen LogP contribution in [0.15, 0.2) is 18.2 Å². The van der Waals surface area contributed by atoms with E-state index in [4.69, 9.17) is 11.6 Å². The largest absolute Gasteiger partial charge is 0.339 e. The fourth-order valence-electron chi connectivity index (χ4n) is 3.47. The van der Waals surface area contributed by atoms with Crippen molar-refractivity contribution < 1.29 is 14.0 Å². The Hall–Kier alpha value is -1.62. The predicted octanol–water partition coefficient (Wildman–Crippen LogP) is 3.60. The summed E-state index contributed by atoms with van der Waals surface area (Å²) in [6.07, 6.45) is 5.85. The molecule has 0 unspecified atom stereocenters. The van der Waals surface area contributed by atoms with Crippen molar-refractivity contribution in [1.82, 2.24) is 4.90 Å². The molecule has 1 aliphatic heterocycles. The van der Waals surface area contributed by atoms with Crippen molar-refractivity contribution >= 4 is 29.1 Å². The number of rotatable bonds is 3. The molecule has 2 fully saturated rings. The first-order chi connectivity index (χ1) is 11.0. The quantitative estimate of drug-likeness (QED) is 0.915. The molecule has 124 valence electrons. The summed E-state index contributed by atoms with van der Waals surface area (Å²) in [7, 11) is 0. The highest BCUT2D eigenvalue weighted by atomic mass is 35.5. The number of benzene rings is 1. The van der Waals surface area contributed by atoms with E-state index in [2.05, 4.69) is 5.32 Å². The number of amides is 2. The van der Waals surface area contributed by atoms with Crippen molar-refractivity contribution in [3.63, 3.8) is 0 Å². The van der Waals surface area contributed by atoms with Crippen LogP contribution in [-0.2, 0) is 9.59 Å². The maximum Gasteiger partial charge on any atom is 0.229 e. The number of likely N-dealkylation sites (tertiary alicyclic amines) is 1. The fraction of sp³-hybridized carbons (Fsp3) is 0.529. The molecule has 1 aliphatic carbocycles. The van der Waals surface area contributed by atoms with Gasteiger partial charge in [0.15, 0.2) is 0 Å². The summed E-state index contributed by atoms with van der Waals surface area (Å²) in [5.74, 6) is -1.02. The number of nitrogens with one attached hydrogen (secondary N) is 1. The van der Waals surface area contributed by atoms with E-state index in [0.29, 0.717) is 12.2 Å². The molecule has 1 N–H and O–H groups in total. The Morgan fingerprint density at radius 2 is 2.00 bits per heavy atom. The Bertz CT molecular complexity index is 617. The van der Waals surface area contributed by atoms with E-state index in [1.54, 1.807) is 0 Å². The first-order valence-corrected chi connectivity index (χ1v) is 8.48. The third kappa shape index (κ3) is 3.66. The van der Waals surface area contributed by atoms with Gasteiger partial charge in [-0.1, -0.05) is 30.9 Å². The minimum Gasteiger partial charge on any atom is -0.339 e. The smallest absolute Gasteiger partial charge is 0.229 e. The summed E-state index contributed by atoms with van der Waals surface area (Å²) in [5.41, 5.74) is 0.449. The number of carbonyl (C=O) groups excluding carboxylic acids is 2. The average Bonchev–Trinajstić information content (AvgIpc) is 2.94. The molecule has 3 rings (SSSR count). The van der Waals surface area contributed by atoms with E-state index in [1.165, 1.54) is 24.6 Å². The van der Waals surface area contributed by atoms with Crippen LogP contribution in [0.3, 0.4) is 0 Å². The molecular weight excluding hydrogens is 319 g/mol.